The molecule has 2 aliphatic rings. The van der Waals surface area contributed by atoms with Crippen molar-refractivity contribution in [3.05, 3.63) is 53.3 Å². The second-order valence-electron chi connectivity index (χ2n) is 7.72. The highest BCUT2D eigenvalue weighted by Crippen LogP contribution is 2.32. The number of hydrogen-bond donors (Lipinski definition) is 0. The van der Waals surface area contributed by atoms with E-state index in [0.29, 0.717) is 18.5 Å². The molecule has 0 saturated carbocycles. The van der Waals surface area contributed by atoms with Crippen LogP contribution in [-0.4, -0.2) is 39.8 Å². The van der Waals surface area contributed by atoms with Gasteiger partial charge in [-0.15, -0.1) is 0 Å². The van der Waals surface area contributed by atoms with Crippen molar-refractivity contribution in [3.8, 4) is 5.88 Å². The number of hydrogen-bond acceptors (Lipinski definition) is 5. The van der Waals surface area contributed by atoms with Crippen molar-refractivity contribution < 1.29 is 9.47 Å². The van der Waals surface area contributed by atoms with Gasteiger partial charge >= 0.3 is 0 Å². The Balaban J connectivity index is 1.51. The zero-order valence-electron chi connectivity index (χ0n) is 16.3. The van der Waals surface area contributed by atoms with Gasteiger partial charge in [0.2, 0.25) is 5.88 Å². The van der Waals surface area contributed by atoms with E-state index in [-0.39, 0.29) is 6.10 Å². The number of aromatic nitrogens is 3. The van der Waals surface area contributed by atoms with Crippen molar-refractivity contribution in [2.75, 3.05) is 13.2 Å². The molecule has 1 saturated heterocycles. The second kappa shape index (κ2) is 7.02. The summed E-state index contributed by atoms with van der Waals surface area (Å²) in [6.45, 7) is 6.42. The van der Waals surface area contributed by atoms with Crippen LogP contribution >= 0.6 is 0 Å². The van der Waals surface area contributed by atoms with Crippen LogP contribution in [0.25, 0.3) is 10.9 Å². The minimum absolute atomic E-state index is 0.152. The number of ether oxygens (including phenoxy) is 2. The van der Waals surface area contributed by atoms with Gasteiger partial charge in [0, 0.05) is 42.2 Å². The lowest BCUT2D eigenvalue weighted by Crippen LogP contribution is -2.27. The molecule has 144 valence electrons. The Morgan fingerprint density at radius 3 is 2.86 bits per heavy atom. The van der Waals surface area contributed by atoms with Gasteiger partial charge in [0.25, 0.3) is 0 Å². The third-order valence-electron chi connectivity index (χ3n) is 5.42. The molecule has 1 fully saturated rings. The molecule has 2 aliphatic heterocycles. The number of pyridine rings is 1. The van der Waals surface area contributed by atoms with Crippen LogP contribution < -0.4 is 4.74 Å². The van der Waals surface area contributed by atoms with Gasteiger partial charge in [0.1, 0.15) is 6.10 Å². The number of nitrogens with zero attached hydrogens (tertiary/aromatic N) is 4. The first-order valence-corrected chi connectivity index (χ1v) is 9.95. The molecule has 0 radical (unpaired) electrons. The number of rotatable bonds is 4. The van der Waals surface area contributed by atoms with E-state index in [1.165, 1.54) is 5.56 Å². The topological polar surface area (TPSA) is 61.5 Å². The van der Waals surface area contributed by atoms with E-state index < -0.39 is 0 Å². The third kappa shape index (κ3) is 3.07. The van der Waals surface area contributed by atoms with E-state index in [1.54, 1.807) is 0 Å². The summed E-state index contributed by atoms with van der Waals surface area (Å²) in [6, 6.07) is 8.73. The molecular weight excluding hydrogens is 352 g/mol. The molecule has 0 N–H and O–H groups in total. The average Bonchev–Trinajstić information content (AvgIpc) is 3.33. The van der Waals surface area contributed by atoms with Crippen molar-refractivity contribution in [2.24, 2.45) is 4.99 Å². The van der Waals surface area contributed by atoms with Gasteiger partial charge < -0.3 is 9.47 Å². The Morgan fingerprint density at radius 2 is 2.04 bits per heavy atom. The normalized spacial score (nSPS) is 17.2. The van der Waals surface area contributed by atoms with Gasteiger partial charge in [-0.2, -0.15) is 5.10 Å². The van der Waals surface area contributed by atoms with E-state index in [4.69, 9.17) is 19.6 Å². The molecule has 0 amide bonds. The van der Waals surface area contributed by atoms with Crippen LogP contribution in [0.1, 0.15) is 49.4 Å². The van der Waals surface area contributed by atoms with Crippen molar-refractivity contribution in [1.29, 1.82) is 0 Å². The Bertz CT molecular complexity index is 1050. The van der Waals surface area contributed by atoms with Crippen molar-refractivity contribution in [1.82, 2.24) is 14.8 Å². The Morgan fingerprint density at radius 1 is 1.18 bits per heavy atom. The molecule has 4 heterocycles. The molecule has 0 unspecified atom stereocenters. The summed E-state index contributed by atoms with van der Waals surface area (Å²) < 4.78 is 13.7. The second-order valence-corrected chi connectivity index (χ2v) is 7.72. The van der Waals surface area contributed by atoms with Gasteiger partial charge in [0.15, 0.2) is 0 Å². The predicted octanol–water partition coefficient (Wildman–Crippen LogP) is 3.92. The summed E-state index contributed by atoms with van der Waals surface area (Å²) in [4.78, 5) is 9.36. The van der Waals surface area contributed by atoms with Crippen molar-refractivity contribution in [2.45, 2.75) is 45.4 Å². The van der Waals surface area contributed by atoms with Crippen LogP contribution in [0.2, 0.25) is 0 Å². The Labute approximate surface area is 164 Å². The molecule has 0 bridgehead atoms. The zero-order chi connectivity index (χ0) is 19.1. The van der Waals surface area contributed by atoms with E-state index in [2.05, 4.69) is 43.2 Å². The van der Waals surface area contributed by atoms with E-state index in [1.807, 2.05) is 16.9 Å². The lowest BCUT2D eigenvalue weighted by Gasteiger charge is -2.24. The molecule has 0 aliphatic carbocycles. The first kappa shape index (κ1) is 17.4. The van der Waals surface area contributed by atoms with Gasteiger partial charge in [-0.05, 0) is 31.5 Å². The summed E-state index contributed by atoms with van der Waals surface area (Å²) >= 11 is 0. The fraction of sp³-hybridized carbons (Fsp3) is 0.409. The molecule has 6 nitrogen and oxygen atoms in total. The summed E-state index contributed by atoms with van der Waals surface area (Å²) in [6.07, 6.45) is 5.86. The SMILES string of the molecule is CC(C)n1cc2ccc(C3=NCc4ccnc(OC5CCOCC5)c43)cc2n1. The molecule has 0 atom stereocenters. The smallest absolute Gasteiger partial charge is 0.223 e. The van der Waals surface area contributed by atoms with E-state index in [9.17, 15) is 0 Å². The lowest BCUT2D eigenvalue weighted by atomic mass is 10.0. The Hall–Kier alpha value is -2.73. The standard InChI is InChI=1S/C22H24N4O2/c1-14(2)26-13-17-4-3-15(11-19(17)25-26)21-20-16(12-24-21)5-8-23-22(20)28-18-6-9-27-10-7-18/h3-5,8,11,13-14,18H,6-7,9-10,12H2,1-2H3. The summed E-state index contributed by atoms with van der Waals surface area (Å²) in [5.41, 5.74) is 5.19. The summed E-state index contributed by atoms with van der Waals surface area (Å²) in [5.74, 6) is 0.688. The molecule has 28 heavy (non-hydrogen) atoms. The van der Waals surface area contributed by atoms with Gasteiger partial charge in [0.05, 0.1) is 36.6 Å². The predicted molar refractivity (Wildman–Crippen MR) is 108 cm³/mol. The molecule has 2 aromatic heterocycles. The summed E-state index contributed by atoms with van der Waals surface area (Å²) in [7, 11) is 0. The van der Waals surface area contributed by atoms with Crippen LogP contribution in [0.3, 0.4) is 0 Å². The minimum atomic E-state index is 0.152. The first-order valence-electron chi connectivity index (χ1n) is 9.95. The average molecular weight is 376 g/mol. The van der Waals surface area contributed by atoms with Crippen LogP contribution in [0.5, 0.6) is 5.88 Å². The monoisotopic (exact) mass is 376 g/mol. The van der Waals surface area contributed by atoms with Crippen LogP contribution in [0.15, 0.2) is 41.7 Å². The molecular formula is C22H24N4O2. The third-order valence-corrected chi connectivity index (χ3v) is 5.42. The van der Waals surface area contributed by atoms with Gasteiger partial charge in [-0.25, -0.2) is 4.98 Å². The zero-order valence-corrected chi connectivity index (χ0v) is 16.3. The first-order chi connectivity index (χ1) is 13.7. The highest BCUT2D eigenvalue weighted by atomic mass is 16.5. The quantitative estimate of drug-likeness (QED) is 0.692. The maximum Gasteiger partial charge on any atom is 0.223 e. The molecule has 1 aromatic carbocycles. The lowest BCUT2D eigenvalue weighted by molar-refractivity contribution is 0.0236. The van der Waals surface area contributed by atoms with Crippen molar-refractivity contribution in [3.63, 3.8) is 0 Å². The largest absolute Gasteiger partial charge is 0.474 e. The van der Waals surface area contributed by atoms with Crippen LogP contribution in [0.4, 0.5) is 0 Å². The van der Waals surface area contributed by atoms with E-state index >= 15 is 0 Å². The number of benzene rings is 1. The highest BCUT2D eigenvalue weighted by Gasteiger charge is 2.26. The maximum absolute atomic E-state index is 6.28. The van der Waals surface area contributed by atoms with Crippen molar-refractivity contribution >= 4 is 16.6 Å². The molecule has 3 aromatic rings. The minimum Gasteiger partial charge on any atom is -0.474 e. The number of fused-ring (bicyclic) bond motifs is 2. The van der Waals surface area contributed by atoms with Gasteiger partial charge in [-0.3, -0.25) is 9.67 Å². The highest BCUT2D eigenvalue weighted by molar-refractivity contribution is 6.17. The molecule has 6 heteroatoms. The molecule has 5 rings (SSSR count). The number of aliphatic imine (C=N–C) groups is 1. The van der Waals surface area contributed by atoms with Gasteiger partial charge in [-0.1, -0.05) is 12.1 Å². The maximum atomic E-state index is 6.28. The fourth-order valence-corrected chi connectivity index (χ4v) is 3.83. The molecule has 0 spiro atoms. The van der Waals surface area contributed by atoms with Crippen LogP contribution in [0, 0.1) is 0 Å². The Kier molecular flexibility index (Phi) is 4.36. The fourth-order valence-electron chi connectivity index (χ4n) is 3.83. The summed E-state index contributed by atoms with van der Waals surface area (Å²) in [5, 5.41) is 5.86. The van der Waals surface area contributed by atoms with Crippen LogP contribution in [-0.2, 0) is 11.3 Å². The van der Waals surface area contributed by atoms with E-state index in [0.717, 1.165) is 53.8 Å².